The summed E-state index contributed by atoms with van der Waals surface area (Å²) in [6.45, 7) is 8.57. The molecule has 3 aliphatic rings. The van der Waals surface area contributed by atoms with Crippen LogP contribution in [0.1, 0.15) is 88.8 Å². The molecule has 0 bridgehead atoms. The number of carbonyl (C=O) groups excluding carboxylic acids is 1. The lowest BCUT2D eigenvalue weighted by molar-refractivity contribution is 0.126. The van der Waals surface area contributed by atoms with Gasteiger partial charge in [0.1, 0.15) is 0 Å². The monoisotopic (exact) mass is 439 g/mol. The van der Waals surface area contributed by atoms with Crippen LogP contribution in [-0.4, -0.2) is 49.6 Å². The highest BCUT2D eigenvalue weighted by molar-refractivity contribution is 5.74. The number of likely N-dealkylation sites (tertiary alicyclic amines) is 1. The average Bonchev–Trinajstić information content (AvgIpc) is 3.23. The number of urea groups is 1. The Balaban J connectivity index is 1.36. The van der Waals surface area contributed by atoms with Crippen LogP contribution in [0.3, 0.4) is 0 Å². The zero-order valence-corrected chi connectivity index (χ0v) is 20.9. The number of amides is 2. The molecule has 1 aliphatic heterocycles. The fraction of sp³-hybridized carbons (Fsp3) is 0.750. The van der Waals surface area contributed by atoms with Gasteiger partial charge in [0.05, 0.1) is 6.04 Å². The Morgan fingerprint density at radius 1 is 1.16 bits per heavy atom. The lowest BCUT2D eigenvalue weighted by atomic mass is 9.63. The van der Waals surface area contributed by atoms with Gasteiger partial charge in [-0.15, -0.1) is 0 Å². The van der Waals surface area contributed by atoms with Crippen LogP contribution in [0.25, 0.3) is 0 Å². The van der Waals surface area contributed by atoms with Gasteiger partial charge >= 0.3 is 6.03 Å². The van der Waals surface area contributed by atoms with Crippen molar-refractivity contribution in [2.75, 3.05) is 33.7 Å². The van der Waals surface area contributed by atoms with Gasteiger partial charge in [-0.05, 0) is 98.9 Å². The Bertz CT molecular complexity index is 768. The minimum absolute atomic E-state index is 0.0118. The van der Waals surface area contributed by atoms with Crippen molar-refractivity contribution in [1.29, 1.82) is 0 Å². The van der Waals surface area contributed by atoms with Crippen molar-refractivity contribution < 1.29 is 4.79 Å². The Kier molecular flexibility index (Phi) is 7.49. The maximum atomic E-state index is 12.3. The van der Waals surface area contributed by atoms with E-state index in [2.05, 4.69) is 48.3 Å². The molecule has 1 aromatic carbocycles. The van der Waals surface area contributed by atoms with Crippen LogP contribution in [0.2, 0.25) is 0 Å². The molecule has 4 heteroatoms. The minimum Gasteiger partial charge on any atom is -0.331 e. The molecule has 0 radical (unpaired) electrons. The molecule has 178 valence electrons. The number of nitrogens with one attached hydrogen (secondary N) is 1. The molecular formula is C28H45N3O. The van der Waals surface area contributed by atoms with Crippen molar-refractivity contribution in [3.8, 4) is 0 Å². The van der Waals surface area contributed by atoms with E-state index in [0.29, 0.717) is 5.41 Å². The van der Waals surface area contributed by atoms with Gasteiger partial charge in [0.25, 0.3) is 0 Å². The van der Waals surface area contributed by atoms with Gasteiger partial charge in [0.2, 0.25) is 0 Å². The van der Waals surface area contributed by atoms with Crippen molar-refractivity contribution >= 4 is 6.03 Å². The molecular weight excluding hydrogens is 394 g/mol. The number of hydrogen-bond acceptors (Lipinski definition) is 2. The summed E-state index contributed by atoms with van der Waals surface area (Å²) in [5, 5.41) is 3.25. The van der Waals surface area contributed by atoms with E-state index >= 15 is 0 Å². The molecule has 4 atom stereocenters. The maximum Gasteiger partial charge on any atom is 0.317 e. The second-order valence-electron chi connectivity index (χ2n) is 11.3. The lowest BCUT2D eigenvalue weighted by Crippen LogP contribution is -2.47. The third-order valence-electron chi connectivity index (χ3n) is 9.08. The number of benzene rings is 1. The van der Waals surface area contributed by atoms with Gasteiger partial charge in [0.15, 0.2) is 0 Å². The molecule has 4 rings (SSSR count). The smallest absolute Gasteiger partial charge is 0.317 e. The largest absolute Gasteiger partial charge is 0.331 e. The van der Waals surface area contributed by atoms with E-state index in [1.807, 2.05) is 14.1 Å². The van der Waals surface area contributed by atoms with E-state index in [4.69, 9.17) is 0 Å². The number of rotatable bonds is 6. The predicted molar refractivity (Wildman–Crippen MR) is 133 cm³/mol. The van der Waals surface area contributed by atoms with Crippen LogP contribution in [0, 0.1) is 17.8 Å². The molecule has 4 nitrogen and oxygen atoms in total. The zero-order chi connectivity index (χ0) is 22.7. The average molecular weight is 440 g/mol. The second-order valence-corrected chi connectivity index (χ2v) is 11.3. The zero-order valence-electron chi connectivity index (χ0n) is 20.9. The van der Waals surface area contributed by atoms with E-state index in [1.54, 1.807) is 4.90 Å². The Labute approximate surface area is 196 Å². The topological polar surface area (TPSA) is 35.6 Å². The first kappa shape index (κ1) is 23.6. The van der Waals surface area contributed by atoms with E-state index in [-0.39, 0.29) is 12.1 Å². The van der Waals surface area contributed by atoms with Crippen molar-refractivity contribution in [2.45, 2.75) is 83.1 Å². The van der Waals surface area contributed by atoms with Gasteiger partial charge in [-0.2, -0.15) is 0 Å². The molecule has 32 heavy (non-hydrogen) atoms. The number of carbonyl (C=O) groups is 1. The fourth-order valence-electron chi connectivity index (χ4n) is 6.95. The standard InChI is InChI=1S/C28H45N3O/c1-5-22(23-11-10-21(2)20-23)13-17-31-18-15-28(16-19-31)14-12-26(29-27(32)30(3)4)24-8-6-7-9-25(24)28/h6-9,21-23,26H,5,10-20H2,1-4H3,(H,29,32). The first-order valence-electron chi connectivity index (χ1n) is 13.2. The van der Waals surface area contributed by atoms with Crippen LogP contribution >= 0.6 is 0 Å². The molecule has 1 aromatic rings. The van der Waals surface area contributed by atoms with Gasteiger partial charge in [-0.3, -0.25) is 0 Å². The van der Waals surface area contributed by atoms with E-state index < -0.39 is 0 Å². The molecule has 2 fully saturated rings. The molecule has 1 saturated heterocycles. The summed E-state index contributed by atoms with van der Waals surface area (Å²) in [6.07, 6.45) is 11.9. The van der Waals surface area contributed by atoms with Crippen LogP contribution < -0.4 is 5.32 Å². The van der Waals surface area contributed by atoms with Crippen LogP contribution in [0.15, 0.2) is 24.3 Å². The van der Waals surface area contributed by atoms with E-state index in [0.717, 1.165) is 24.2 Å². The molecule has 1 spiro atoms. The minimum atomic E-state index is 0.0118. The van der Waals surface area contributed by atoms with Crippen LogP contribution in [-0.2, 0) is 5.41 Å². The summed E-state index contributed by atoms with van der Waals surface area (Å²) in [5.41, 5.74) is 3.16. The third kappa shape index (κ3) is 5.00. The first-order valence-corrected chi connectivity index (χ1v) is 13.2. The second kappa shape index (κ2) is 10.2. The predicted octanol–water partition coefficient (Wildman–Crippen LogP) is 5.98. The number of hydrogen-bond donors (Lipinski definition) is 1. The normalized spacial score (nSPS) is 28.3. The SMILES string of the molecule is CCC(CCN1CCC2(CCC(NC(=O)N(C)C)c3ccccc32)CC1)C1CCC(C)C1. The summed E-state index contributed by atoms with van der Waals surface area (Å²) in [4.78, 5) is 16.7. The van der Waals surface area contributed by atoms with Crippen LogP contribution in [0.4, 0.5) is 4.79 Å². The number of fused-ring (bicyclic) bond motifs is 2. The van der Waals surface area contributed by atoms with Crippen molar-refractivity contribution in [1.82, 2.24) is 15.1 Å². The highest BCUT2D eigenvalue weighted by Crippen LogP contribution is 2.48. The van der Waals surface area contributed by atoms with Gasteiger partial charge in [0, 0.05) is 14.1 Å². The Hall–Kier alpha value is -1.55. The summed E-state index contributed by atoms with van der Waals surface area (Å²) >= 11 is 0. The van der Waals surface area contributed by atoms with E-state index in [1.165, 1.54) is 82.1 Å². The first-order chi connectivity index (χ1) is 15.4. The van der Waals surface area contributed by atoms with Crippen molar-refractivity contribution in [3.05, 3.63) is 35.4 Å². The fourth-order valence-corrected chi connectivity index (χ4v) is 6.95. The maximum absolute atomic E-state index is 12.3. The lowest BCUT2D eigenvalue weighted by Gasteiger charge is -2.47. The Morgan fingerprint density at radius 2 is 1.91 bits per heavy atom. The number of nitrogens with zero attached hydrogens (tertiary/aromatic N) is 2. The Morgan fingerprint density at radius 3 is 2.56 bits per heavy atom. The highest BCUT2D eigenvalue weighted by Gasteiger charge is 2.42. The molecule has 2 amide bonds. The summed E-state index contributed by atoms with van der Waals surface area (Å²) in [5.74, 6) is 2.85. The van der Waals surface area contributed by atoms with Crippen molar-refractivity contribution in [3.63, 3.8) is 0 Å². The summed E-state index contributed by atoms with van der Waals surface area (Å²) in [6, 6.07) is 9.07. The van der Waals surface area contributed by atoms with Crippen molar-refractivity contribution in [2.24, 2.45) is 17.8 Å². The quantitative estimate of drug-likeness (QED) is 0.592. The molecule has 4 unspecified atom stereocenters. The molecule has 0 aromatic heterocycles. The molecule has 1 saturated carbocycles. The highest BCUT2D eigenvalue weighted by atomic mass is 16.2. The molecule has 1 N–H and O–H groups in total. The van der Waals surface area contributed by atoms with Crippen LogP contribution in [0.5, 0.6) is 0 Å². The van der Waals surface area contributed by atoms with Gasteiger partial charge in [-0.25, -0.2) is 4.79 Å². The summed E-state index contributed by atoms with van der Waals surface area (Å²) in [7, 11) is 3.63. The molecule has 1 heterocycles. The molecule has 2 aliphatic carbocycles. The van der Waals surface area contributed by atoms with Gasteiger partial charge < -0.3 is 15.1 Å². The summed E-state index contributed by atoms with van der Waals surface area (Å²) < 4.78 is 0. The van der Waals surface area contributed by atoms with E-state index in [9.17, 15) is 4.79 Å². The number of piperidine rings is 1. The third-order valence-corrected chi connectivity index (χ3v) is 9.08. The van der Waals surface area contributed by atoms with Gasteiger partial charge in [-0.1, -0.05) is 51.0 Å².